The van der Waals surface area contributed by atoms with Crippen molar-refractivity contribution < 1.29 is 13.5 Å². The fraction of sp³-hybridized carbons (Fsp3) is 0.357. The highest BCUT2D eigenvalue weighted by molar-refractivity contribution is 5.91. The Morgan fingerprint density at radius 2 is 1.94 bits per heavy atom. The van der Waals surface area contributed by atoms with Gasteiger partial charge in [-0.3, -0.25) is 4.98 Å². The van der Waals surface area contributed by atoms with Gasteiger partial charge in [0.1, 0.15) is 0 Å². The minimum Gasteiger partial charge on any atom is -0.459 e. The van der Waals surface area contributed by atoms with Crippen molar-refractivity contribution in [1.82, 2.24) is 4.98 Å². The van der Waals surface area contributed by atoms with Gasteiger partial charge in [0, 0.05) is 23.2 Å². The largest absolute Gasteiger partial charge is 0.459 e. The molecule has 2 nitrogen and oxygen atoms in total. The lowest BCUT2D eigenvalue weighted by atomic mass is 9.85. The van der Waals surface area contributed by atoms with Gasteiger partial charge >= 0.3 is 0 Å². The summed E-state index contributed by atoms with van der Waals surface area (Å²) in [5, 5.41) is 1.34. The highest BCUT2D eigenvalue weighted by Gasteiger charge is 2.21. The lowest BCUT2D eigenvalue weighted by molar-refractivity contribution is 0.186. The topological polar surface area (TPSA) is 22.1 Å². The van der Waals surface area contributed by atoms with Crippen LogP contribution in [0.3, 0.4) is 0 Å². The molecule has 1 aromatic carbocycles. The first-order valence-corrected chi connectivity index (χ1v) is 5.70. The van der Waals surface area contributed by atoms with E-state index in [9.17, 15) is 8.78 Å². The third-order valence-corrected chi connectivity index (χ3v) is 2.84. The summed E-state index contributed by atoms with van der Waals surface area (Å²) in [4.78, 5) is 4.14. The molecule has 0 fully saturated rings. The summed E-state index contributed by atoms with van der Waals surface area (Å²) in [7, 11) is 0. The Morgan fingerprint density at radius 1 is 1.22 bits per heavy atom. The predicted molar refractivity (Wildman–Crippen MR) is 67.0 cm³/mol. The molecule has 0 N–H and O–H groups in total. The molecule has 1 heterocycles. The van der Waals surface area contributed by atoms with Crippen molar-refractivity contribution in [2.45, 2.75) is 26.2 Å². The van der Waals surface area contributed by atoms with Crippen LogP contribution in [0.2, 0.25) is 0 Å². The third kappa shape index (κ3) is 2.15. The third-order valence-electron chi connectivity index (χ3n) is 2.84. The quantitative estimate of drug-likeness (QED) is 0.805. The lowest BCUT2D eigenvalue weighted by Gasteiger charge is -2.22. The first-order chi connectivity index (χ1) is 8.45. The standard InChI is InChI=1S/C14H15F2NO/c1-14(2,3)10-7-17-6-9-4-5-11(16)13(12(9)10)18-8-15/h4-7H,8H2,1-3H3. The van der Waals surface area contributed by atoms with E-state index in [0.29, 0.717) is 5.39 Å². The van der Waals surface area contributed by atoms with Gasteiger partial charge in [-0.25, -0.2) is 8.78 Å². The molecule has 0 saturated heterocycles. The van der Waals surface area contributed by atoms with E-state index in [4.69, 9.17) is 4.74 Å². The maximum atomic E-state index is 13.8. The molecule has 2 rings (SSSR count). The van der Waals surface area contributed by atoms with E-state index in [1.54, 1.807) is 18.5 Å². The number of alkyl halides is 1. The van der Waals surface area contributed by atoms with Crippen molar-refractivity contribution in [3.63, 3.8) is 0 Å². The second kappa shape index (κ2) is 4.52. The first kappa shape index (κ1) is 12.7. The molecule has 0 aliphatic heterocycles. The number of halogens is 2. The van der Waals surface area contributed by atoms with Crippen molar-refractivity contribution >= 4 is 10.8 Å². The van der Waals surface area contributed by atoms with Crippen LogP contribution < -0.4 is 4.74 Å². The number of nitrogens with zero attached hydrogens (tertiary/aromatic N) is 1. The van der Waals surface area contributed by atoms with E-state index in [-0.39, 0.29) is 11.2 Å². The summed E-state index contributed by atoms with van der Waals surface area (Å²) >= 11 is 0. The Hall–Kier alpha value is -1.71. The molecule has 2 aromatic rings. The highest BCUT2D eigenvalue weighted by Crippen LogP contribution is 2.36. The average molecular weight is 251 g/mol. The van der Waals surface area contributed by atoms with Gasteiger partial charge in [-0.05, 0) is 23.1 Å². The maximum Gasteiger partial charge on any atom is 0.228 e. The molecule has 0 atom stereocenters. The molecule has 0 amide bonds. The zero-order valence-electron chi connectivity index (χ0n) is 10.6. The van der Waals surface area contributed by atoms with Crippen molar-refractivity contribution in [3.05, 3.63) is 35.9 Å². The van der Waals surface area contributed by atoms with Crippen LogP contribution in [0, 0.1) is 5.82 Å². The fourth-order valence-corrected chi connectivity index (χ4v) is 1.98. The Balaban J connectivity index is 2.84. The number of hydrogen-bond donors (Lipinski definition) is 0. The molecule has 0 bridgehead atoms. The summed E-state index contributed by atoms with van der Waals surface area (Å²) in [6, 6.07) is 2.89. The van der Waals surface area contributed by atoms with E-state index in [1.807, 2.05) is 20.8 Å². The van der Waals surface area contributed by atoms with Gasteiger partial charge < -0.3 is 4.74 Å². The van der Waals surface area contributed by atoms with Crippen LogP contribution in [0.15, 0.2) is 24.5 Å². The molecule has 0 radical (unpaired) electrons. The average Bonchev–Trinajstić information content (AvgIpc) is 2.31. The zero-order valence-corrected chi connectivity index (χ0v) is 10.6. The molecule has 0 unspecified atom stereocenters. The van der Waals surface area contributed by atoms with Gasteiger partial charge in [-0.2, -0.15) is 0 Å². The van der Waals surface area contributed by atoms with Crippen LogP contribution in [-0.2, 0) is 5.41 Å². The van der Waals surface area contributed by atoms with Gasteiger partial charge in [0.2, 0.25) is 6.86 Å². The zero-order chi connectivity index (χ0) is 13.3. The normalized spacial score (nSPS) is 11.8. The Morgan fingerprint density at radius 3 is 2.56 bits per heavy atom. The van der Waals surface area contributed by atoms with Crippen molar-refractivity contribution in [1.29, 1.82) is 0 Å². The summed E-state index contributed by atoms with van der Waals surface area (Å²) in [5.74, 6) is -0.598. The molecule has 96 valence electrons. The summed E-state index contributed by atoms with van der Waals surface area (Å²) in [6.07, 6.45) is 3.29. The van der Waals surface area contributed by atoms with E-state index in [0.717, 1.165) is 10.9 Å². The summed E-state index contributed by atoms with van der Waals surface area (Å²) in [5.41, 5.74) is 0.609. The second-order valence-electron chi connectivity index (χ2n) is 5.17. The molecule has 0 aliphatic carbocycles. The summed E-state index contributed by atoms with van der Waals surface area (Å²) < 4.78 is 31.0. The van der Waals surface area contributed by atoms with Gasteiger partial charge in [0.25, 0.3) is 0 Å². The number of hydrogen-bond acceptors (Lipinski definition) is 2. The minimum atomic E-state index is -1.05. The predicted octanol–water partition coefficient (Wildman–Crippen LogP) is 3.98. The van der Waals surface area contributed by atoms with Crippen LogP contribution in [0.25, 0.3) is 10.8 Å². The Kier molecular flexibility index (Phi) is 3.20. The SMILES string of the molecule is CC(C)(C)c1cncc2ccc(F)c(OCF)c12. The van der Waals surface area contributed by atoms with Crippen LogP contribution in [0.5, 0.6) is 5.75 Å². The Labute approximate surface area is 105 Å². The molecule has 0 spiro atoms. The van der Waals surface area contributed by atoms with Crippen LogP contribution in [0.4, 0.5) is 8.78 Å². The van der Waals surface area contributed by atoms with Crippen molar-refractivity contribution in [2.75, 3.05) is 6.86 Å². The van der Waals surface area contributed by atoms with Gasteiger partial charge in [0.15, 0.2) is 11.6 Å². The number of benzene rings is 1. The van der Waals surface area contributed by atoms with Crippen molar-refractivity contribution in [3.8, 4) is 5.75 Å². The van der Waals surface area contributed by atoms with Crippen molar-refractivity contribution in [2.24, 2.45) is 0 Å². The van der Waals surface area contributed by atoms with Gasteiger partial charge in [0.05, 0.1) is 0 Å². The fourth-order valence-electron chi connectivity index (χ4n) is 1.98. The minimum absolute atomic E-state index is 0.0395. The number of rotatable bonds is 2. The second-order valence-corrected chi connectivity index (χ2v) is 5.17. The smallest absolute Gasteiger partial charge is 0.228 e. The molecule has 18 heavy (non-hydrogen) atoms. The van der Waals surface area contributed by atoms with Crippen LogP contribution in [0.1, 0.15) is 26.3 Å². The number of fused-ring (bicyclic) bond motifs is 1. The highest BCUT2D eigenvalue weighted by atomic mass is 19.1. The first-order valence-electron chi connectivity index (χ1n) is 5.70. The molecule has 0 saturated carbocycles. The van der Waals surface area contributed by atoms with Crippen LogP contribution >= 0.6 is 0 Å². The number of pyridine rings is 1. The molecular formula is C14H15F2NO. The van der Waals surface area contributed by atoms with E-state index < -0.39 is 12.7 Å². The van der Waals surface area contributed by atoms with E-state index >= 15 is 0 Å². The van der Waals surface area contributed by atoms with Crippen LogP contribution in [-0.4, -0.2) is 11.8 Å². The lowest BCUT2D eigenvalue weighted by Crippen LogP contribution is -2.13. The molecule has 1 aromatic heterocycles. The number of aromatic nitrogens is 1. The molecule has 0 aliphatic rings. The summed E-state index contributed by atoms with van der Waals surface area (Å²) in [6.45, 7) is 4.93. The maximum absolute atomic E-state index is 13.8. The van der Waals surface area contributed by atoms with E-state index in [1.165, 1.54) is 6.07 Å². The van der Waals surface area contributed by atoms with Gasteiger partial charge in [-0.15, -0.1) is 0 Å². The number of ether oxygens (including phenoxy) is 1. The van der Waals surface area contributed by atoms with Gasteiger partial charge in [-0.1, -0.05) is 20.8 Å². The van der Waals surface area contributed by atoms with E-state index in [2.05, 4.69) is 4.98 Å². The molecule has 4 heteroatoms. The Bertz CT molecular complexity index is 576. The molecular weight excluding hydrogens is 236 g/mol. The monoisotopic (exact) mass is 251 g/mol.